The maximum absolute atomic E-state index is 8.44. The van der Waals surface area contributed by atoms with Crippen LogP contribution in [0.15, 0.2) is 12.3 Å². The van der Waals surface area contributed by atoms with Crippen LogP contribution in [0.1, 0.15) is 18.1 Å². The van der Waals surface area contributed by atoms with E-state index in [2.05, 4.69) is 11.2 Å². The van der Waals surface area contributed by atoms with Crippen LogP contribution in [0.4, 0.5) is 0 Å². The topological polar surface area (TPSA) is 36.7 Å². The minimum absolute atomic E-state index is 0.513. The Morgan fingerprint density at radius 3 is 3.20 bits per heavy atom. The van der Waals surface area contributed by atoms with Gasteiger partial charge in [0, 0.05) is 6.20 Å². The van der Waals surface area contributed by atoms with Gasteiger partial charge < -0.3 is 0 Å². The Hall–Kier alpha value is -1.36. The highest BCUT2D eigenvalue weighted by Crippen LogP contribution is 2.00. The zero-order valence-electron chi connectivity index (χ0n) is 5.76. The summed E-state index contributed by atoms with van der Waals surface area (Å²) in [6.07, 6.45) is 5.22. The second-order valence-electron chi connectivity index (χ2n) is 1.97. The number of nitriles is 1. The molecule has 0 aliphatic rings. The first kappa shape index (κ1) is 6.76. The molecule has 0 fully saturated rings. The number of hydrogen-bond acceptors (Lipinski definition) is 2. The van der Waals surface area contributed by atoms with E-state index in [0.29, 0.717) is 5.56 Å². The summed E-state index contributed by atoms with van der Waals surface area (Å²) < 4.78 is 0. The first-order valence-corrected chi connectivity index (χ1v) is 3.13. The lowest BCUT2D eigenvalue weighted by atomic mass is 10.2. The third-order valence-corrected chi connectivity index (χ3v) is 1.27. The predicted molar refractivity (Wildman–Crippen MR) is 37.2 cm³/mol. The van der Waals surface area contributed by atoms with E-state index in [4.69, 9.17) is 5.26 Å². The predicted octanol–water partition coefficient (Wildman–Crippen LogP) is 1.32. The van der Waals surface area contributed by atoms with Gasteiger partial charge in [-0.25, -0.2) is 0 Å². The van der Waals surface area contributed by atoms with Crippen LogP contribution in [0, 0.1) is 17.5 Å². The van der Waals surface area contributed by atoms with E-state index in [0.717, 1.165) is 12.0 Å². The summed E-state index contributed by atoms with van der Waals surface area (Å²) in [5.74, 6) is 0. The van der Waals surface area contributed by atoms with E-state index >= 15 is 0 Å². The first-order valence-electron chi connectivity index (χ1n) is 3.13. The van der Waals surface area contributed by atoms with Gasteiger partial charge in [-0.1, -0.05) is 6.92 Å². The standard InChI is InChI=1S/C8H7N2/c1-2-7-3-8(4-9)6-10-5-7/h3,5H,2H2,1H3. The number of pyridine rings is 1. The number of hydrogen-bond donors (Lipinski definition) is 0. The van der Waals surface area contributed by atoms with Gasteiger partial charge in [-0.15, -0.1) is 0 Å². The molecular formula is C8H7N2. The highest BCUT2D eigenvalue weighted by atomic mass is 14.6. The van der Waals surface area contributed by atoms with Crippen LogP contribution >= 0.6 is 0 Å². The second-order valence-corrected chi connectivity index (χ2v) is 1.97. The molecule has 1 heterocycles. The van der Waals surface area contributed by atoms with E-state index in [1.165, 1.54) is 0 Å². The van der Waals surface area contributed by atoms with Gasteiger partial charge in [-0.3, -0.25) is 4.98 Å². The second kappa shape index (κ2) is 2.98. The van der Waals surface area contributed by atoms with E-state index in [-0.39, 0.29) is 0 Å². The van der Waals surface area contributed by atoms with Crippen LogP contribution in [-0.2, 0) is 6.42 Å². The summed E-state index contributed by atoms with van der Waals surface area (Å²) in [6.45, 7) is 2.03. The molecule has 0 atom stereocenters. The van der Waals surface area contributed by atoms with Crippen LogP contribution in [0.25, 0.3) is 0 Å². The lowest BCUT2D eigenvalue weighted by Gasteiger charge is -1.92. The third kappa shape index (κ3) is 1.32. The normalized spacial score (nSPS) is 8.80. The minimum Gasteiger partial charge on any atom is -0.253 e. The molecule has 0 amide bonds. The van der Waals surface area contributed by atoms with Crippen LogP contribution in [0.2, 0.25) is 0 Å². The van der Waals surface area contributed by atoms with Crippen molar-refractivity contribution in [1.82, 2.24) is 4.98 Å². The van der Waals surface area contributed by atoms with Gasteiger partial charge in [0.2, 0.25) is 0 Å². The summed E-state index contributed by atoms with van der Waals surface area (Å²) in [5, 5.41) is 8.44. The van der Waals surface area contributed by atoms with Crippen molar-refractivity contribution in [3.05, 3.63) is 29.6 Å². The Bertz CT molecular complexity index is 260. The number of nitrogens with zero attached hydrogens (tertiary/aromatic N) is 2. The lowest BCUT2D eigenvalue weighted by molar-refractivity contribution is 1.09. The maximum atomic E-state index is 8.44. The van der Waals surface area contributed by atoms with Crippen molar-refractivity contribution >= 4 is 0 Å². The van der Waals surface area contributed by atoms with E-state index in [9.17, 15) is 0 Å². The zero-order chi connectivity index (χ0) is 7.40. The average molecular weight is 131 g/mol. The fourth-order valence-corrected chi connectivity index (χ4v) is 0.690. The van der Waals surface area contributed by atoms with Crippen molar-refractivity contribution in [2.45, 2.75) is 13.3 Å². The molecular weight excluding hydrogens is 124 g/mol. The highest BCUT2D eigenvalue weighted by molar-refractivity contribution is 5.27. The third-order valence-electron chi connectivity index (χ3n) is 1.27. The van der Waals surface area contributed by atoms with Gasteiger partial charge in [-0.2, -0.15) is 5.26 Å². The molecule has 0 aromatic carbocycles. The molecule has 0 unspecified atom stereocenters. The van der Waals surface area contributed by atoms with Gasteiger partial charge in [0.05, 0.1) is 5.56 Å². The van der Waals surface area contributed by atoms with E-state index in [1.807, 2.05) is 13.0 Å². The molecule has 0 spiro atoms. The van der Waals surface area contributed by atoms with Crippen molar-refractivity contribution in [3.63, 3.8) is 0 Å². The first-order chi connectivity index (χ1) is 4.86. The summed E-state index contributed by atoms with van der Waals surface area (Å²) >= 11 is 0. The van der Waals surface area contributed by atoms with Gasteiger partial charge >= 0.3 is 0 Å². The fraction of sp³-hybridized carbons (Fsp3) is 0.250. The Balaban J connectivity index is 3.01. The average Bonchev–Trinajstić information content (AvgIpc) is 2.05. The smallest absolute Gasteiger partial charge is 0.108 e. The van der Waals surface area contributed by atoms with Gasteiger partial charge in [0.15, 0.2) is 0 Å². The zero-order valence-corrected chi connectivity index (χ0v) is 5.76. The summed E-state index contributed by atoms with van der Waals surface area (Å²) in [7, 11) is 0. The quantitative estimate of drug-likeness (QED) is 0.576. The van der Waals surface area contributed by atoms with E-state index in [1.54, 1.807) is 12.3 Å². The van der Waals surface area contributed by atoms with E-state index < -0.39 is 0 Å². The van der Waals surface area contributed by atoms with Gasteiger partial charge in [0.25, 0.3) is 0 Å². The molecule has 49 valence electrons. The molecule has 1 aromatic heterocycles. The Morgan fingerprint density at radius 1 is 1.80 bits per heavy atom. The number of aryl methyl sites for hydroxylation is 1. The molecule has 10 heavy (non-hydrogen) atoms. The minimum atomic E-state index is 0.513. The van der Waals surface area contributed by atoms with Gasteiger partial charge in [0.1, 0.15) is 12.3 Å². The van der Waals surface area contributed by atoms with Crippen molar-refractivity contribution in [2.24, 2.45) is 0 Å². The van der Waals surface area contributed by atoms with Crippen molar-refractivity contribution in [2.75, 3.05) is 0 Å². The highest BCUT2D eigenvalue weighted by Gasteiger charge is 1.91. The van der Waals surface area contributed by atoms with Crippen LogP contribution in [-0.4, -0.2) is 4.98 Å². The molecule has 1 radical (unpaired) electrons. The van der Waals surface area contributed by atoms with Crippen LogP contribution in [0.3, 0.4) is 0 Å². The summed E-state index contributed by atoms with van der Waals surface area (Å²) in [6, 6.07) is 3.78. The molecule has 0 saturated carbocycles. The SMILES string of the molecule is CCc1cn[c]c(C#N)c1. The lowest BCUT2D eigenvalue weighted by Crippen LogP contribution is -1.84. The fourth-order valence-electron chi connectivity index (χ4n) is 0.690. The maximum Gasteiger partial charge on any atom is 0.108 e. The monoisotopic (exact) mass is 131 g/mol. The van der Waals surface area contributed by atoms with Gasteiger partial charge in [-0.05, 0) is 18.1 Å². The van der Waals surface area contributed by atoms with Crippen LogP contribution < -0.4 is 0 Å². The van der Waals surface area contributed by atoms with Crippen molar-refractivity contribution in [3.8, 4) is 6.07 Å². The molecule has 1 rings (SSSR count). The van der Waals surface area contributed by atoms with Crippen molar-refractivity contribution in [1.29, 1.82) is 5.26 Å². The number of aromatic nitrogens is 1. The largest absolute Gasteiger partial charge is 0.253 e. The Morgan fingerprint density at radius 2 is 2.60 bits per heavy atom. The molecule has 1 aromatic rings. The Kier molecular flexibility index (Phi) is 2.01. The molecule has 0 bridgehead atoms. The Labute approximate surface area is 60.1 Å². The molecule has 0 saturated heterocycles. The molecule has 2 heteroatoms. The van der Waals surface area contributed by atoms with Crippen molar-refractivity contribution < 1.29 is 0 Å². The van der Waals surface area contributed by atoms with Crippen LogP contribution in [0.5, 0.6) is 0 Å². The summed E-state index contributed by atoms with van der Waals surface area (Å²) in [4.78, 5) is 3.78. The molecule has 2 nitrogen and oxygen atoms in total. The summed E-state index contributed by atoms with van der Waals surface area (Å²) in [5.41, 5.74) is 1.59. The molecule has 0 aliphatic carbocycles. The number of rotatable bonds is 1. The molecule has 0 aliphatic heterocycles. The molecule has 0 N–H and O–H groups in total.